The lowest BCUT2D eigenvalue weighted by Gasteiger charge is -2.08. The van der Waals surface area contributed by atoms with Crippen LogP contribution in [0.2, 0.25) is 5.02 Å². The van der Waals surface area contributed by atoms with Crippen LogP contribution in [0.25, 0.3) is 0 Å². The molecule has 2 aromatic carbocycles. The number of halogens is 2. The van der Waals surface area contributed by atoms with Crippen LogP contribution in [0, 0.1) is 5.82 Å². The predicted molar refractivity (Wildman–Crippen MR) is 108 cm³/mol. The Hall–Kier alpha value is -2.99. The quantitative estimate of drug-likeness (QED) is 0.604. The van der Waals surface area contributed by atoms with Gasteiger partial charge < -0.3 is 10.6 Å². The monoisotopic (exact) mass is 398 g/mol. The van der Waals surface area contributed by atoms with Gasteiger partial charge in [0.1, 0.15) is 17.3 Å². The molecule has 0 aliphatic rings. The normalized spacial score (nSPS) is 10.5. The zero-order chi connectivity index (χ0) is 19.8. The number of nitrogens with one attached hydrogen (secondary N) is 2. The number of amides is 1. The molecule has 5 nitrogen and oxygen atoms in total. The standard InChI is InChI=1S/C21H20ClFN4O/c22-17-6-3-4-15(12-17)8-10-24-20-14-26-19(13-27-20)21(28)25-11-9-16-5-1-2-7-18(16)23/h1-7,12-14H,8-11H2,(H,24,27)(H,25,28). The third-order valence-electron chi connectivity index (χ3n) is 4.13. The average molecular weight is 399 g/mol. The number of anilines is 1. The third-order valence-corrected chi connectivity index (χ3v) is 4.37. The highest BCUT2D eigenvalue weighted by Crippen LogP contribution is 2.11. The van der Waals surface area contributed by atoms with Gasteiger partial charge in [0.15, 0.2) is 0 Å². The van der Waals surface area contributed by atoms with E-state index in [0.717, 1.165) is 12.0 Å². The molecule has 1 heterocycles. The fourth-order valence-corrected chi connectivity index (χ4v) is 2.88. The van der Waals surface area contributed by atoms with E-state index < -0.39 is 0 Å². The van der Waals surface area contributed by atoms with Crippen molar-refractivity contribution in [2.45, 2.75) is 12.8 Å². The van der Waals surface area contributed by atoms with Crippen molar-refractivity contribution < 1.29 is 9.18 Å². The Kier molecular flexibility index (Phi) is 6.92. The summed E-state index contributed by atoms with van der Waals surface area (Å²) in [5.41, 5.74) is 1.90. The molecule has 0 radical (unpaired) electrons. The molecule has 0 spiro atoms. The Morgan fingerprint density at radius 1 is 1.00 bits per heavy atom. The molecule has 0 saturated carbocycles. The van der Waals surface area contributed by atoms with Crippen molar-refractivity contribution in [2.75, 3.05) is 18.4 Å². The van der Waals surface area contributed by atoms with Gasteiger partial charge in [-0.3, -0.25) is 4.79 Å². The molecule has 0 unspecified atom stereocenters. The highest BCUT2D eigenvalue weighted by atomic mass is 35.5. The summed E-state index contributed by atoms with van der Waals surface area (Å²) in [7, 11) is 0. The summed E-state index contributed by atoms with van der Waals surface area (Å²) in [5, 5.41) is 6.59. The maximum absolute atomic E-state index is 13.6. The van der Waals surface area contributed by atoms with Crippen LogP contribution in [0.4, 0.5) is 10.2 Å². The zero-order valence-corrected chi connectivity index (χ0v) is 15.9. The van der Waals surface area contributed by atoms with Crippen molar-refractivity contribution in [1.82, 2.24) is 15.3 Å². The van der Waals surface area contributed by atoms with Gasteiger partial charge in [-0.05, 0) is 42.2 Å². The molecule has 2 N–H and O–H groups in total. The number of hydrogen-bond donors (Lipinski definition) is 2. The predicted octanol–water partition coefficient (Wildman–Crippen LogP) is 3.90. The number of rotatable bonds is 8. The van der Waals surface area contributed by atoms with Crippen LogP contribution in [0.15, 0.2) is 60.9 Å². The molecular formula is C21H20ClFN4O. The van der Waals surface area contributed by atoms with Crippen molar-refractivity contribution >= 4 is 23.3 Å². The minimum Gasteiger partial charge on any atom is -0.368 e. The van der Waals surface area contributed by atoms with E-state index in [2.05, 4.69) is 20.6 Å². The number of carbonyl (C=O) groups excluding carboxylic acids is 1. The number of benzene rings is 2. The molecule has 0 aliphatic carbocycles. The zero-order valence-electron chi connectivity index (χ0n) is 15.2. The highest BCUT2D eigenvalue weighted by Gasteiger charge is 2.08. The molecule has 28 heavy (non-hydrogen) atoms. The van der Waals surface area contributed by atoms with Gasteiger partial charge in [-0.15, -0.1) is 0 Å². The fraction of sp³-hybridized carbons (Fsp3) is 0.190. The van der Waals surface area contributed by atoms with E-state index in [4.69, 9.17) is 11.6 Å². The molecule has 0 fully saturated rings. The first kappa shape index (κ1) is 19.8. The van der Waals surface area contributed by atoms with E-state index in [1.165, 1.54) is 18.5 Å². The van der Waals surface area contributed by atoms with Gasteiger partial charge in [0.2, 0.25) is 0 Å². The lowest BCUT2D eigenvalue weighted by atomic mass is 10.1. The number of nitrogens with zero attached hydrogens (tertiary/aromatic N) is 2. The molecule has 1 aromatic heterocycles. The summed E-state index contributed by atoms with van der Waals surface area (Å²) in [5.74, 6) is -0.0241. The van der Waals surface area contributed by atoms with Gasteiger partial charge in [0.25, 0.3) is 5.91 Å². The maximum Gasteiger partial charge on any atom is 0.271 e. The number of aromatic nitrogens is 2. The summed E-state index contributed by atoms with van der Waals surface area (Å²) in [4.78, 5) is 20.5. The fourth-order valence-electron chi connectivity index (χ4n) is 2.67. The summed E-state index contributed by atoms with van der Waals surface area (Å²) >= 11 is 5.97. The van der Waals surface area contributed by atoms with Gasteiger partial charge in [0, 0.05) is 18.1 Å². The lowest BCUT2D eigenvalue weighted by Crippen LogP contribution is -2.27. The van der Waals surface area contributed by atoms with Gasteiger partial charge in [-0.1, -0.05) is 41.9 Å². The topological polar surface area (TPSA) is 66.9 Å². The molecule has 0 bridgehead atoms. The maximum atomic E-state index is 13.6. The first-order valence-corrected chi connectivity index (χ1v) is 9.31. The average Bonchev–Trinajstić information content (AvgIpc) is 2.70. The molecule has 0 saturated heterocycles. The summed E-state index contributed by atoms with van der Waals surface area (Å²) in [6, 6.07) is 14.2. The molecule has 144 valence electrons. The summed E-state index contributed by atoms with van der Waals surface area (Å²) < 4.78 is 13.6. The van der Waals surface area contributed by atoms with Gasteiger partial charge in [-0.25, -0.2) is 14.4 Å². The molecule has 0 aliphatic heterocycles. The van der Waals surface area contributed by atoms with Crippen LogP contribution < -0.4 is 10.6 Å². The first-order chi connectivity index (χ1) is 13.6. The van der Waals surface area contributed by atoms with Crippen LogP contribution in [0.3, 0.4) is 0 Å². The Balaban J connectivity index is 1.44. The highest BCUT2D eigenvalue weighted by molar-refractivity contribution is 6.30. The molecule has 0 atom stereocenters. The molecule has 3 rings (SSSR count). The molecule has 1 amide bonds. The third kappa shape index (κ3) is 5.76. The molecule has 7 heteroatoms. The van der Waals surface area contributed by atoms with E-state index >= 15 is 0 Å². The van der Waals surface area contributed by atoms with Crippen LogP contribution >= 0.6 is 11.6 Å². The number of hydrogen-bond acceptors (Lipinski definition) is 4. The Morgan fingerprint density at radius 3 is 2.61 bits per heavy atom. The Morgan fingerprint density at radius 2 is 1.86 bits per heavy atom. The first-order valence-electron chi connectivity index (χ1n) is 8.94. The van der Waals surface area contributed by atoms with Gasteiger partial charge in [-0.2, -0.15) is 0 Å². The second-order valence-electron chi connectivity index (χ2n) is 6.19. The molecule has 3 aromatic rings. The Labute approximate surface area is 168 Å². The van der Waals surface area contributed by atoms with Gasteiger partial charge in [0.05, 0.1) is 12.4 Å². The van der Waals surface area contributed by atoms with E-state index in [0.29, 0.717) is 35.9 Å². The SMILES string of the molecule is O=C(NCCc1ccccc1F)c1cnc(NCCc2cccc(Cl)c2)cn1. The van der Waals surface area contributed by atoms with Crippen LogP contribution in [0.1, 0.15) is 21.6 Å². The summed E-state index contributed by atoms with van der Waals surface area (Å²) in [6.07, 6.45) is 4.14. The van der Waals surface area contributed by atoms with Crippen LogP contribution in [0.5, 0.6) is 0 Å². The van der Waals surface area contributed by atoms with Gasteiger partial charge >= 0.3 is 0 Å². The van der Waals surface area contributed by atoms with E-state index in [-0.39, 0.29) is 17.4 Å². The second-order valence-corrected chi connectivity index (χ2v) is 6.63. The summed E-state index contributed by atoms with van der Waals surface area (Å²) in [6.45, 7) is 0.990. The van der Waals surface area contributed by atoms with E-state index in [1.54, 1.807) is 18.2 Å². The van der Waals surface area contributed by atoms with Crippen molar-refractivity contribution in [3.63, 3.8) is 0 Å². The largest absolute Gasteiger partial charge is 0.368 e. The molecular weight excluding hydrogens is 379 g/mol. The van der Waals surface area contributed by atoms with Crippen molar-refractivity contribution in [1.29, 1.82) is 0 Å². The van der Waals surface area contributed by atoms with Crippen LogP contribution in [-0.2, 0) is 12.8 Å². The van der Waals surface area contributed by atoms with Crippen molar-refractivity contribution in [2.24, 2.45) is 0 Å². The minimum atomic E-state index is -0.339. The lowest BCUT2D eigenvalue weighted by molar-refractivity contribution is 0.0948. The minimum absolute atomic E-state index is 0.217. The van der Waals surface area contributed by atoms with E-state index in [9.17, 15) is 9.18 Å². The second kappa shape index (κ2) is 9.80. The van der Waals surface area contributed by atoms with E-state index in [1.807, 2.05) is 24.3 Å². The van der Waals surface area contributed by atoms with Crippen LogP contribution in [-0.4, -0.2) is 29.0 Å². The van der Waals surface area contributed by atoms with Crippen molar-refractivity contribution in [3.8, 4) is 0 Å². The Bertz CT molecular complexity index is 934. The number of carbonyl (C=O) groups is 1. The smallest absolute Gasteiger partial charge is 0.271 e. The van der Waals surface area contributed by atoms with Crippen molar-refractivity contribution in [3.05, 3.63) is 88.6 Å².